The second-order valence-corrected chi connectivity index (χ2v) is 3.65. The van der Waals surface area contributed by atoms with E-state index in [1.54, 1.807) is 0 Å². The molecule has 17 heavy (non-hydrogen) atoms. The Morgan fingerprint density at radius 2 is 2.00 bits per heavy atom. The second kappa shape index (κ2) is 7.68. The highest BCUT2D eigenvalue weighted by molar-refractivity contribution is 5.77. The van der Waals surface area contributed by atoms with Crippen molar-refractivity contribution in [2.24, 2.45) is 0 Å². The predicted molar refractivity (Wildman–Crippen MR) is 66.2 cm³/mol. The summed E-state index contributed by atoms with van der Waals surface area (Å²) in [5, 5.41) is 2.71. The smallest absolute Gasteiger partial charge is 0.246 e. The first-order valence-corrected chi connectivity index (χ1v) is 5.76. The van der Waals surface area contributed by atoms with E-state index < -0.39 is 0 Å². The number of nitrogens with one attached hydrogen (secondary N) is 1. The van der Waals surface area contributed by atoms with Crippen molar-refractivity contribution in [2.45, 2.75) is 13.8 Å². The topological polar surface area (TPSA) is 47.6 Å². The van der Waals surface area contributed by atoms with E-state index in [1.807, 2.05) is 38.1 Å². The Morgan fingerprint density at radius 1 is 1.29 bits per heavy atom. The van der Waals surface area contributed by atoms with Gasteiger partial charge in [-0.2, -0.15) is 0 Å². The fourth-order valence-electron chi connectivity index (χ4n) is 1.24. The van der Waals surface area contributed by atoms with Crippen LogP contribution in [0.5, 0.6) is 5.75 Å². The number of hydrogen-bond acceptors (Lipinski definition) is 3. The summed E-state index contributed by atoms with van der Waals surface area (Å²) in [5.74, 6) is 0.703. The molecule has 0 aliphatic carbocycles. The lowest BCUT2D eigenvalue weighted by Gasteiger charge is -2.07. The second-order valence-electron chi connectivity index (χ2n) is 3.65. The van der Waals surface area contributed by atoms with Crippen LogP contribution in [0, 0.1) is 6.92 Å². The van der Waals surface area contributed by atoms with Crippen LogP contribution in [0.15, 0.2) is 24.3 Å². The minimum absolute atomic E-state index is 0.112. The van der Waals surface area contributed by atoms with Crippen molar-refractivity contribution < 1.29 is 14.3 Å². The molecule has 0 unspecified atom stereocenters. The number of amides is 1. The molecule has 0 fully saturated rings. The van der Waals surface area contributed by atoms with Crippen molar-refractivity contribution in [2.75, 3.05) is 26.4 Å². The third-order valence-electron chi connectivity index (χ3n) is 2.15. The maximum atomic E-state index is 11.2. The lowest BCUT2D eigenvalue weighted by molar-refractivity contribution is -0.125. The van der Waals surface area contributed by atoms with Crippen molar-refractivity contribution in [3.05, 3.63) is 29.8 Å². The quantitative estimate of drug-likeness (QED) is 0.731. The van der Waals surface area contributed by atoms with E-state index in [9.17, 15) is 4.79 Å². The van der Waals surface area contributed by atoms with Crippen LogP contribution in [0.1, 0.15) is 12.5 Å². The van der Waals surface area contributed by atoms with E-state index in [4.69, 9.17) is 9.47 Å². The molecule has 0 spiro atoms. The molecule has 0 saturated heterocycles. The highest BCUT2D eigenvalue weighted by Gasteiger charge is 1.99. The molecule has 4 heteroatoms. The fourth-order valence-corrected chi connectivity index (χ4v) is 1.24. The molecule has 0 aromatic heterocycles. The van der Waals surface area contributed by atoms with Gasteiger partial charge in [-0.1, -0.05) is 17.7 Å². The lowest BCUT2D eigenvalue weighted by Crippen LogP contribution is -2.31. The predicted octanol–water partition coefficient (Wildman–Crippen LogP) is 1.53. The van der Waals surface area contributed by atoms with Crippen molar-refractivity contribution >= 4 is 5.91 Å². The zero-order chi connectivity index (χ0) is 12.5. The van der Waals surface area contributed by atoms with Crippen LogP contribution in [0.3, 0.4) is 0 Å². The Balaban J connectivity index is 2.11. The molecule has 1 amide bonds. The third kappa shape index (κ3) is 5.92. The zero-order valence-electron chi connectivity index (χ0n) is 10.4. The molecule has 1 aromatic rings. The van der Waals surface area contributed by atoms with E-state index in [-0.39, 0.29) is 12.5 Å². The molecule has 0 heterocycles. The number of hydrogen-bond donors (Lipinski definition) is 1. The van der Waals surface area contributed by atoms with Gasteiger partial charge in [0.2, 0.25) is 5.91 Å². The van der Waals surface area contributed by atoms with Crippen molar-refractivity contribution in [1.82, 2.24) is 5.32 Å². The van der Waals surface area contributed by atoms with Gasteiger partial charge in [0.25, 0.3) is 0 Å². The monoisotopic (exact) mass is 237 g/mol. The van der Waals surface area contributed by atoms with Crippen LogP contribution in [-0.4, -0.2) is 32.3 Å². The molecular weight excluding hydrogens is 218 g/mol. The van der Waals surface area contributed by atoms with Gasteiger partial charge in [-0.25, -0.2) is 0 Å². The van der Waals surface area contributed by atoms with E-state index >= 15 is 0 Å². The molecule has 0 aliphatic heterocycles. The van der Waals surface area contributed by atoms with Crippen LogP contribution in [0.2, 0.25) is 0 Å². The first-order chi connectivity index (χ1) is 8.22. The van der Waals surface area contributed by atoms with E-state index in [0.717, 1.165) is 5.75 Å². The Hall–Kier alpha value is -1.55. The molecule has 0 saturated carbocycles. The van der Waals surface area contributed by atoms with Gasteiger partial charge in [-0.05, 0) is 26.0 Å². The van der Waals surface area contributed by atoms with Gasteiger partial charge >= 0.3 is 0 Å². The van der Waals surface area contributed by atoms with Crippen LogP contribution in [-0.2, 0) is 9.53 Å². The molecule has 94 valence electrons. The summed E-state index contributed by atoms with van der Waals surface area (Å²) in [5.41, 5.74) is 1.20. The largest absolute Gasteiger partial charge is 0.492 e. The standard InChI is InChI=1S/C13H19NO3/c1-3-16-10-13(15)14-8-9-17-12-6-4-11(2)5-7-12/h4-7H,3,8-10H2,1-2H3,(H,14,15). The zero-order valence-corrected chi connectivity index (χ0v) is 10.4. The van der Waals surface area contributed by atoms with Gasteiger partial charge in [0.05, 0.1) is 6.54 Å². The van der Waals surface area contributed by atoms with Crippen molar-refractivity contribution in [1.29, 1.82) is 0 Å². The molecule has 0 bridgehead atoms. The lowest BCUT2D eigenvalue weighted by atomic mass is 10.2. The van der Waals surface area contributed by atoms with Gasteiger partial charge in [0.1, 0.15) is 19.0 Å². The summed E-state index contributed by atoms with van der Waals surface area (Å²) in [6.07, 6.45) is 0. The summed E-state index contributed by atoms with van der Waals surface area (Å²) in [6.45, 7) is 5.49. The molecule has 1 aromatic carbocycles. The Labute approximate surface area is 102 Å². The molecule has 0 radical (unpaired) electrons. The number of carbonyl (C=O) groups is 1. The highest BCUT2D eigenvalue weighted by Crippen LogP contribution is 2.10. The summed E-state index contributed by atoms with van der Waals surface area (Å²) < 4.78 is 10.4. The molecule has 4 nitrogen and oxygen atoms in total. The van der Waals surface area contributed by atoms with Crippen LogP contribution >= 0.6 is 0 Å². The SMILES string of the molecule is CCOCC(=O)NCCOc1ccc(C)cc1. The maximum Gasteiger partial charge on any atom is 0.246 e. The summed E-state index contributed by atoms with van der Waals surface area (Å²) >= 11 is 0. The van der Waals surface area contributed by atoms with E-state index in [0.29, 0.717) is 19.8 Å². The number of rotatable bonds is 7. The number of ether oxygens (including phenoxy) is 2. The molecule has 0 aliphatic rings. The van der Waals surface area contributed by atoms with Gasteiger partial charge < -0.3 is 14.8 Å². The van der Waals surface area contributed by atoms with Crippen LogP contribution in [0.4, 0.5) is 0 Å². The summed E-state index contributed by atoms with van der Waals surface area (Å²) in [4.78, 5) is 11.2. The molecule has 1 N–H and O–H groups in total. The normalized spacial score (nSPS) is 10.0. The molecular formula is C13H19NO3. The van der Waals surface area contributed by atoms with Crippen molar-refractivity contribution in [3.8, 4) is 5.75 Å². The summed E-state index contributed by atoms with van der Waals surface area (Å²) in [7, 11) is 0. The molecule has 1 rings (SSSR count). The Kier molecular flexibility index (Phi) is 6.10. The third-order valence-corrected chi connectivity index (χ3v) is 2.15. The van der Waals surface area contributed by atoms with Gasteiger partial charge in [-0.15, -0.1) is 0 Å². The Bertz CT molecular complexity index is 335. The van der Waals surface area contributed by atoms with Crippen LogP contribution in [0.25, 0.3) is 0 Å². The van der Waals surface area contributed by atoms with Gasteiger partial charge in [0, 0.05) is 6.61 Å². The minimum Gasteiger partial charge on any atom is -0.492 e. The molecule has 0 atom stereocenters. The van der Waals surface area contributed by atoms with Gasteiger partial charge in [-0.3, -0.25) is 4.79 Å². The minimum atomic E-state index is -0.112. The first-order valence-electron chi connectivity index (χ1n) is 5.76. The Morgan fingerprint density at radius 3 is 2.65 bits per heavy atom. The van der Waals surface area contributed by atoms with Gasteiger partial charge in [0.15, 0.2) is 0 Å². The average molecular weight is 237 g/mol. The maximum absolute atomic E-state index is 11.2. The van der Waals surface area contributed by atoms with Crippen LogP contribution < -0.4 is 10.1 Å². The summed E-state index contributed by atoms with van der Waals surface area (Å²) in [6, 6.07) is 7.81. The van der Waals surface area contributed by atoms with E-state index in [2.05, 4.69) is 5.32 Å². The first kappa shape index (κ1) is 13.5. The fraction of sp³-hybridized carbons (Fsp3) is 0.462. The number of benzene rings is 1. The van der Waals surface area contributed by atoms with Crippen molar-refractivity contribution in [3.63, 3.8) is 0 Å². The highest BCUT2D eigenvalue weighted by atomic mass is 16.5. The van der Waals surface area contributed by atoms with E-state index in [1.165, 1.54) is 5.56 Å². The number of aryl methyl sites for hydroxylation is 1. The average Bonchev–Trinajstić information content (AvgIpc) is 2.34. The number of carbonyl (C=O) groups excluding carboxylic acids is 1.